The fourth-order valence-electron chi connectivity index (χ4n) is 2.47. The van der Waals surface area contributed by atoms with E-state index < -0.39 is 5.97 Å². The Morgan fingerprint density at radius 1 is 1.32 bits per heavy atom. The Morgan fingerprint density at radius 3 is 2.47 bits per heavy atom. The maximum atomic E-state index is 11.1. The molecule has 0 atom stereocenters. The average molecular weight is 282 g/mol. The van der Waals surface area contributed by atoms with Crippen LogP contribution in [0.3, 0.4) is 0 Å². The second kappa shape index (κ2) is 5.61. The first-order chi connectivity index (χ1) is 8.88. The summed E-state index contributed by atoms with van der Waals surface area (Å²) in [6, 6.07) is 1.93. The Morgan fingerprint density at radius 2 is 1.95 bits per heavy atom. The molecule has 1 aliphatic rings. The molecule has 0 radical (unpaired) electrons. The zero-order valence-electron chi connectivity index (χ0n) is 11.8. The molecule has 0 bridgehead atoms. The van der Waals surface area contributed by atoms with Crippen molar-refractivity contribution in [2.45, 2.75) is 32.9 Å². The molecule has 4 nitrogen and oxygen atoms in total. The molecule has 0 amide bonds. The Hall–Kier alpha value is -0.910. The number of rotatable bonds is 3. The van der Waals surface area contributed by atoms with Gasteiger partial charge in [0.2, 0.25) is 0 Å². The van der Waals surface area contributed by atoms with Gasteiger partial charge in [0.05, 0.1) is 0 Å². The first-order valence-electron chi connectivity index (χ1n) is 6.65. The van der Waals surface area contributed by atoms with Crippen LogP contribution in [-0.2, 0) is 6.54 Å². The van der Waals surface area contributed by atoms with Gasteiger partial charge in [0, 0.05) is 38.3 Å². The highest BCUT2D eigenvalue weighted by Gasteiger charge is 2.26. The molecular weight excluding hydrogens is 260 g/mol. The first-order valence-corrected chi connectivity index (χ1v) is 7.53. The summed E-state index contributed by atoms with van der Waals surface area (Å²) in [5.41, 5.74) is 1.17. The van der Waals surface area contributed by atoms with Crippen LogP contribution in [0.15, 0.2) is 11.4 Å². The van der Waals surface area contributed by atoms with Crippen molar-refractivity contribution in [1.82, 2.24) is 9.80 Å². The highest BCUT2D eigenvalue weighted by atomic mass is 32.1. The SMILES string of the molecule is CC(C)(C)N1CCN(Cc2ccsc2C(=O)O)CC1. The summed E-state index contributed by atoms with van der Waals surface area (Å²) < 4.78 is 0. The summed E-state index contributed by atoms with van der Waals surface area (Å²) in [7, 11) is 0. The molecule has 0 aromatic carbocycles. The molecule has 1 aromatic rings. The minimum Gasteiger partial charge on any atom is -0.477 e. The molecule has 2 heterocycles. The Balaban J connectivity index is 1.92. The van der Waals surface area contributed by atoms with E-state index in [0.29, 0.717) is 4.88 Å². The normalized spacial score (nSPS) is 18.7. The topological polar surface area (TPSA) is 43.8 Å². The molecule has 1 N–H and O–H groups in total. The molecular formula is C14H22N2O2S. The largest absolute Gasteiger partial charge is 0.477 e. The molecule has 19 heavy (non-hydrogen) atoms. The third kappa shape index (κ3) is 3.55. The minimum absolute atomic E-state index is 0.223. The zero-order chi connectivity index (χ0) is 14.0. The van der Waals surface area contributed by atoms with Crippen molar-refractivity contribution in [3.63, 3.8) is 0 Å². The first kappa shape index (κ1) is 14.5. The van der Waals surface area contributed by atoms with Gasteiger partial charge in [-0.05, 0) is 37.8 Å². The van der Waals surface area contributed by atoms with Crippen LogP contribution in [0.2, 0.25) is 0 Å². The predicted molar refractivity (Wildman–Crippen MR) is 77.9 cm³/mol. The van der Waals surface area contributed by atoms with E-state index in [2.05, 4.69) is 30.6 Å². The van der Waals surface area contributed by atoms with E-state index in [1.807, 2.05) is 11.4 Å². The molecule has 1 fully saturated rings. The molecule has 0 unspecified atom stereocenters. The lowest BCUT2D eigenvalue weighted by molar-refractivity contribution is 0.0585. The summed E-state index contributed by atoms with van der Waals surface area (Å²) in [4.78, 5) is 16.4. The maximum Gasteiger partial charge on any atom is 0.346 e. The summed E-state index contributed by atoms with van der Waals surface area (Å²) in [5, 5.41) is 11.0. The zero-order valence-corrected chi connectivity index (χ0v) is 12.7. The van der Waals surface area contributed by atoms with Crippen LogP contribution in [0.5, 0.6) is 0 Å². The van der Waals surface area contributed by atoms with Gasteiger partial charge in [-0.25, -0.2) is 4.79 Å². The van der Waals surface area contributed by atoms with E-state index >= 15 is 0 Å². The van der Waals surface area contributed by atoms with Gasteiger partial charge in [0.1, 0.15) is 4.88 Å². The molecule has 0 saturated carbocycles. The van der Waals surface area contributed by atoms with Crippen LogP contribution in [0.25, 0.3) is 0 Å². The molecule has 1 saturated heterocycles. The monoisotopic (exact) mass is 282 g/mol. The Kier molecular flexibility index (Phi) is 4.28. The third-order valence-corrected chi connectivity index (χ3v) is 4.60. The van der Waals surface area contributed by atoms with Gasteiger partial charge >= 0.3 is 5.97 Å². The molecule has 1 aromatic heterocycles. The van der Waals surface area contributed by atoms with E-state index in [9.17, 15) is 4.79 Å². The van der Waals surface area contributed by atoms with Crippen molar-refractivity contribution in [2.75, 3.05) is 26.2 Å². The van der Waals surface area contributed by atoms with Crippen LogP contribution in [0.4, 0.5) is 0 Å². The Bertz CT molecular complexity index is 443. The van der Waals surface area contributed by atoms with Crippen molar-refractivity contribution in [1.29, 1.82) is 0 Å². The number of carbonyl (C=O) groups is 1. The highest BCUT2D eigenvalue weighted by Crippen LogP contribution is 2.21. The summed E-state index contributed by atoms with van der Waals surface area (Å²) in [6.07, 6.45) is 0. The quantitative estimate of drug-likeness (QED) is 0.924. The second-order valence-corrected chi connectivity index (χ2v) is 6.93. The number of hydrogen-bond donors (Lipinski definition) is 1. The number of aromatic carboxylic acids is 1. The predicted octanol–water partition coefficient (Wildman–Crippen LogP) is 2.36. The molecule has 1 aliphatic heterocycles. The van der Waals surface area contributed by atoms with Crippen molar-refractivity contribution in [3.05, 3.63) is 21.9 Å². The van der Waals surface area contributed by atoms with Crippen molar-refractivity contribution < 1.29 is 9.90 Å². The fraction of sp³-hybridized carbons (Fsp3) is 0.643. The molecule has 2 rings (SSSR count). The highest BCUT2D eigenvalue weighted by molar-refractivity contribution is 7.12. The summed E-state index contributed by atoms with van der Waals surface area (Å²) in [6.45, 7) is 11.6. The second-order valence-electron chi connectivity index (χ2n) is 6.01. The van der Waals surface area contributed by atoms with Gasteiger partial charge in [-0.3, -0.25) is 9.80 Å². The number of hydrogen-bond acceptors (Lipinski definition) is 4. The van der Waals surface area contributed by atoms with Gasteiger partial charge in [-0.1, -0.05) is 0 Å². The molecule has 5 heteroatoms. The van der Waals surface area contributed by atoms with Crippen LogP contribution < -0.4 is 0 Å². The average Bonchev–Trinajstić information content (AvgIpc) is 2.77. The molecule has 0 spiro atoms. The maximum absolute atomic E-state index is 11.1. The number of carboxylic acid groups (broad SMARTS) is 1. The smallest absolute Gasteiger partial charge is 0.346 e. The van der Waals surface area contributed by atoms with E-state index in [4.69, 9.17) is 5.11 Å². The number of carboxylic acids is 1. The van der Waals surface area contributed by atoms with Crippen molar-refractivity contribution in [2.24, 2.45) is 0 Å². The minimum atomic E-state index is -0.807. The summed E-state index contributed by atoms with van der Waals surface area (Å²) >= 11 is 1.31. The fourth-order valence-corrected chi connectivity index (χ4v) is 3.22. The lowest BCUT2D eigenvalue weighted by Gasteiger charge is -2.42. The van der Waals surface area contributed by atoms with Crippen molar-refractivity contribution in [3.8, 4) is 0 Å². The van der Waals surface area contributed by atoms with Gasteiger partial charge in [0.15, 0.2) is 0 Å². The lowest BCUT2D eigenvalue weighted by Crippen LogP contribution is -2.53. The molecule has 106 valence electrons. The van der Waals surface area contributed by atoms with Crippen molar-refractivity contribution >= 4 is 17.3 Å². The van der Waals surface area contributed by atoms with Gasteiger partial charge in [-0.2, -0.15) is 0 Å². The van der Waals surface area contributed by atoms with Crippen LogP contribution in [0.1, 0.15) is 36.0 Å². The third-order valence-electron chi connectivity index (χ3n) is 3.66. The summed E-state index contributed by atoms with van der Waals surface area (Å²) in [5.74, 6) is -0.807. The molecule has 0 aliphatic carbocycles. The Labute approximate surface area is 118 Å². The number of nitrogens with zero attached hydrogens (tertiary/aromatic N) is 2. The van der Waals surface area contributed by atoms with Gasteiger partial charge in [0.25, 0.3) is 0 Å². The number of thiophene rings is 1. The van der Waals surface area contributed by atoms with E-state index in [0.717, 1.165) is 38.3 Å². The van der Waals surface area contributed by atoms with Crippen LogP contribution in [0, 0.1) is 0 Å². The van der Waals surface area contributed by atoms with Gasteiger partial charge in [-0.15, -0.1) is 11.3 Å². The van der Waals surface area contributed by atoms with E-state index in [-0.39, 0.29) is 5.54 Å². The van der Waals surface area contributed by atoms with E-state index in [1.165, 1.54) is 11.3 Å². The van der Waals surface area contributed by atoms with Gasteiger partial charge < -0.3 is 5.11 Å². The standard InChI is InChI=1S/C14H22N2O2S/c1-14(2,3)16-7-5-15(6-8-16)10-11-4-9-19-12(11)13(17)18/h4,9H,5-8,10H2,1-3H3,(H,17,18). The van der Waals surface area contributed by atoms with E-state index in [1.54, 1.807) is 0 Å². The van der Waals surface area contributed by atoms with Crippen LogP contribution in [-0.4, -0.2) is 52.6 Å². The van der Waals surface area contributed by atoms with Crippen LogP contribution >= 0.6 is 11.3 Å². The number of piperazine rings is 1. The lowest BCUT2D eigenvalue weighted by atomic mass is 10.0.